The van der Waals surface area contributed by atoms with Gasteiger partial charge in [0.1, 0.15) is 0 Å². The SMILES string of the molecule is N#CC1(O)CCCOC1. The van der Waals surface area contributed by atoms with E-state index in [-0.39, 0.29) is 6.61 Å². The summed E-state index contributed by atoms with van der Waals surface area (Å²) in [5.41, 5.74) is -1.20. The van der Waals surface area contributed by atoms with E-state index in [1.165, 1.54) is 0 Å². The van der Waals surface area contributed by atoms with Crippen molar-refractivity contribution in [2.45, 2.75) is 18.4 Å². The molecule has 0 aliphatic carbocycles. The van der Waals surface area contributed by atoms with Crippen LogP contribution < -0.4 is 0 Å². The number of hydrogen-bond donors (Lipinski definition) is 1. The molecule has 0 spiro atoms. The standard InChI is InChI=1S/C6H9NO2/c7-4-6(8)2-1-3-9-5-6/h8H,1-3,5H2. The van der Waals surface area contributed by atoms with Crippen molar-refractivity contribution in [3.8, 4) is 6.07 Å². The first-order valence-corrected chi connectivity index (χ1v) is 2.98. The highest BCUT2D eigenvalue weighted by Crippen LogP contribution is 2.16. The van der Waals surface area contributed by atoms with Gasteiger partial charge in [0.15, 0.2) is 5.60 Å². The fourth-order valence-corrected chi connectivity index (χ4v) is 0.868. The van der Waals surface area contributed by atoms with Crippen LogP contribution in [0.1, 0.15) is 12.8 Å². The minimum atomic E-state index is -1.20. The van der Waals surface area contributed by atoms with Gasteiger partial charge in [-0.05, 0) is 12.8 Å². The monoisotopic (exact) mass is 127 g/mol. The van der Waals surface area contributed by atoms with Gasteiger partial charge in [0.05, 0.1) is 12.7 Å². The topological polar surface area (TPSA) is 53.2 Å². The maximum atomic E-state index is 9.19. The van der Waals surface area contributed by atoms with Crippen molar-refractivity contribution in [3.63, 3.8) is 0 Å². The van der Waals surface area contributed by atoms with Gasteiger partial charge >= 0.3 is 0 Å². The molecule has 3 heteroatoms. The third-order valence-electron chi connectivity index (χ3n) is 1.43. The normalized spacial score (nSPS) is 35.6. The first kappa shape index (κ1) is 6.53. The van der Waals surface area contributed by atoms with E-state index in [0.29, 0.717) is 13.0 Å². The second-order valence-electron chi connectivity index (χ2n) is 2.30. The van der Waals surface area contributed by atoms with Crippen LogP contribution in [-0.4, -0.2) is 23.9 Å². The zero-order valence-corrected chi connectivity index (χ0v) is 5.13. The van der Waals surface area contributed by atoms with Gasteiger partial charge in [0.2, 0.25) is 0 Å². The van der Waals surface area contributed by atoms with Crippen molar-refractivity contribution in [3.05, 3.63) is 0 Å². The molecule has 0 radical (unpaired) electrons. The first-order valence-electron chi connectivity index (χ1n) is 2.98. The van der Waals surface area contributed by atoms with E-state index in [1.54, 1.807) is 0 Å². The van der Waals surface area contributed by atoms with Crippen LogP contribution in [0.25, 0.3) is 0 Å². The van der Waals surface area contributed by atoms with E-state index in [1.807, 2.05) is 6.07 Å². The third kappa shape index (κ3) is 1.41. The number of nitrogens with zero attached hydrogens (tertiary/aromatic N) is 1. The molecule has 1 rings (SSSR count). The predicted molar refractivity (Wildman–Crippen MR) is 30.6 cm³/mol. The molecule has 0 amide bonds. The molecule has 0 saturated carbocycles. The lowest BCUT2D eigenvalue weighted by Gasteiger charge is -2.24. The van der Waals surface area contributed by atoms with Gasteiger partial charge < -0.3 is 9.84 Å². The second-order valence-corrected chi connectivity index (χ2v) is 2.30. The van der Waals surface area contributed by atoms with E-state index in [9.17, 15) is 5.11 Å². The molecule has 1 aliphatic heterocycles. The maximum Gasteiger partial charge on any atom is 0.174 e. The first-order chi connectivity index (χ1) is 4.27. The highest BCUT2D eigenvalue weighted by atomic mass is 16.5. The molecular weight excluding hydrogens is 118 g/mol. The smallest absolute Gasteiger partial charge is 0.174 e. The number of hydrogen-bond acceptors (Lipinski definition) is 3. The summed E-state index contributed by atoms with van der Waals surface area (Å²) >= 11 is 0. The lowest BCUT2D eigenvalue weighted by molar-refractivity contribution is -0.0492. The molecule has 0 aromatic heterocycles. The molecule has 1 saturated heterocycles. The van der Waals surface area contributed by atoms with Gasteiger partial charge in [-0.25, -0.2) is 0 Å². The van der Waals surface area contributed by atoms with Gasteiger partial charge in [0.25, 0.3) is 0 Å². The highest BCUT2D eigenvalue weighted by molar-refractivity contribution is 5.01. The van der Waals surface area contributed by atoms with Crippen molar-refractivity contribution in [1.29, 1.82) is 5.26 Å². The molecule has 1 N–H and O–H groups in total. The average Bonchev–Trinajstić information content (AvgIpc) is 1.90. The van der Waals surface area contributed by atoms with Crippen molar-refractivity contribution in [2.75, 3.05) is 13.2 Å². The average molecular weight is 127 g/mol. The lowest BCUT2D eigenvalue weighted by atomic mass is 9.99. The summed E-state index contributed by atoms with van der Waals surface area (Å²) in [5.74, 6) is 0. The van der Waals surface area contributed by atoms with Crippen molar-refractivity contribution >= 4 is 0 Å². The maximum absolute atomic E-state index is 9.19. The molecule has 1 heterocycles. The number of rotatable bonds is 0. The molecule has 50 valence electrons. The van der Waals surface area contributed by atoms with Crippen molar-refractivity contribution in [2.24, 2.45) is 0 Å². The van der Waals surface area contributed by atoms with E-state index in [0.717, 1.165) is 6.42 Å². The largest absolute Gasteiger partial charge is 0.377 e. The quantitative estimate of drug-likeness (QED) is 0.468. The summed E-state index contributed by atoms with van der Waals surface area (Å²) < 4.78 is 4.90. The Hall–Kier alpha value is -0.590. The molecule has 0 aromatic carbocycles. The molecule has 9 heavy (non-hydrogen) atoms. The van der Waals surface area contributed by atoms with Crippen LogP contribution in [-0.2, 0) is 4.74 Å². The summed E-state index contributed by atoms with van der Waals surface area (Å²) in [5, 5.41) is 17.6. The molecule has 1 fully saturated rings. The van der Waals surface area contributed by atoms with Gasteiger partial charge in [-0.1, -0.05) is 0 Å². The van der Waals surface area contributed by atoms with Crippen LogP contribution in [0.3, 0.4) is 0 Å². The van der Waals surface area contributed by atoms with Crippen molar-refractivity contribution < 1.29 is 9.84 Å². The molecule has 1 unspecified atom stereocenters. The predicted octanol–water partition coefficient (Wildman–Crippen LogP) is 0.0515. The zero-order valence-electron chi connectivity index (χ0n) is 5.13. The van der Waals surface area contributed by atoms with Gasteiger partial charge in [-0.2, -0.15) is 5.26 Å². The summed E-state index contributed by atoms with van der Waals surface area (Å²) in [4.78, 5) is 0. The summed E-state index contributed by atoms with van der Waals surface area (Å²) in [7, 11) is 0. The Morgan fingerprint density at radius 1 is 1.67 bits per heavy atom. The Labute approximate surface area is 53.9 Å². The van der Waals surface area contributed by atoms with Gasteiger partial charge in [0, 0.05) is 6.61 Å². The van der Waals surface area contributed by atoms with Crippen LogP contribution in [0.4, 0.5) is 0 Å². The van der Waals surface area contributed by atoms with Crippen LogP contribution in [0.2, 0.25) is 0 Å². The molecule has 0 aromatic rings. The van der Waals surface area contributed by atoms with E-state index < -0.39 is 5.60 Å². The van der Waals surface area contributed by atoms with E-state index in [4.69, 9.17) is 10.00 Å². The fourth-order valence-electron chi connectivity index (χ4n) is 0.868. The summed E-state index contributed by atoms with van der Waals surface area (Å²) in [6, 6.07) is 1.81. The number of nitriles is 1. The van der Waals surface area contributed by atoms with E-state index >= 15 is 0 Å². The van der Waals surface area contributed by atoms with Gasteiger partial charge in [-0.15, -0.1) is 0 Å². The molecule has 1 atom stereocenters. The Kier molecular flexibility index (Phi) is 1.70. The Bertz CT molecular complexity index is 132. The molecular formula is C6H9NO2. The summed E-state index contributed by atoms with van der Waals surface area (Å²) in [6.07, 6.45) is 1.33. The minimum Gasteiger partial charge on any atom is -0.377 e. The molecule has 1 aliphatic rings. The highest BCUT2D eigenvalue weighted by Gasteiger charge is 2.29. The van der Waals surface area contributed by atoms with Crippen LogP contribution >= 0.6 is 0 Å². The molecule has 0 bridgehead atoms. The van der Waals surface area contributed by atoms with Crippen LogP contribution in [0.5, 0.6) is 0 Å². The summed E-state index contributed by atoms with van der Waals surface area (Å²) in [6.45, 7) is 0.841. The fraction of sp³-hybridized carbons (Fsp3) is 0.833. The molecule has 3 nitrogen and oxygen atoms in total. The Morgan fingerprint density at radius 3 is 2.78 bits per heavy atom. The van der Waals surface area contributed by atoms with Crippen LogP contribution in [0, 0.1) is 11.3 Å². The minimum absolute atomic E-state index is 0.170. The number of aliphatic hydroxyl groups is 1. The second kappa shape index (κ2) is 2.34. The Morgan fingerprint density at radius 2 is 2.44 bits per heavy atom. The van der Waals surface area contributed by atoms with Gasteiger partial charge in [-0.3, -0.25) is 0 Å². The third-order valence-corrected chi connectivity index (χ3v) is 1.43. The zero-order chi connectivity index (χ0) is 6.74. The van der Waals surface area contributed by atoms with E-state index in [2.05, 4.69) is 0 Å². The lowest BCUT2D eigenvalue weighted by Crippen LogP contribution is -2.36. The number of ether oxygens (including phenoxy) is 1. The Balaban J connectivity index is 2.49. The van der Waals surface area contributed by atoms with Crippen molar-refractivity contribution in [1.82, 2.24) is 0 Å². The van der Waals surface area contributed by atoms with Crippen LogP contribution in [0.15, 0.2) is 0 Å².